The number of carbonyl (C=O) groups excluding carboxylic acids is 1. The second-order valence-corrected chi connectivity index (χ2v) is 8.15. The van der Waals surface area contributed by atoms with Crippen LogP contribution in [0.15, 0.2) is 12.7 Å². The van der Waals surface area contributed by atoms with E-state index in [9.17, 15) is 4.79 Å². The van der Waals surface area contributed by atoms with Gasteiger partial charge in [0.15, 0.2) is 0 Å². The monoisotopic (exact) mass is 397 g/mol. The van der Waals surface area contributed by atoms with Crippen molar-refractivity contribution >= 4 is 5.97 Å². The fourth-order valence-electron chi connectivity index (χ4n) is 4.25. The van der Waals surface area contributed by atoms with Gasteiger partial charge in [-0.25, -0.2) is 0 Å². The minimum absolute atomic E-state index is 0. The van der Waals surface area contributed by atoms with Crippen molar-refractivity contribution < 1.29 is 9.53 Å². The first-order valence-electron chi connectivity index (χ1n) is 11.9. The molecule has 1 atom stereocenters. The highest BCUT2D eigenvalue weighted by atomic mass is 16.6. The maximum atomic E-state index is 12.5. The van der Waals surface area contributed by atoms with Gasteiger partial charge in [0.2, 0.25) is 0 Å². The lowest BCUT2D eigenvalue weighted by molar-refractivity contribution is -0.168. The van der Waals surface area contributed by atoms with Gasteiger partial charge in [-0.2, -0.15) is 0 Å². The Kier molecular flexibility index (Phi) is 20.4. The molecule has 168 valence electrons. The van der Waals surface area contributed by atoms with Gasteiger partial charge in [-0.05, 0) is 50.9 Å². The van der Waals surface area contributed by atoms with Crippen LogP contribution in [-0.2, 0) is 9.53 Å². The molecule has 0 saturated carbocycles. The van der Waals surface area contributed by atoms with Crippen molar-refractivity contribution in [2.75, 3.05) is 0 Å². The number of carbonyl (C=O) groups is 1. The molecular weight excluding hydrogens is 346 g/mol. The molecule has 0 heterocycles. The maximum Gasteiger partial charge on any atom is 0.306 e. The summed E-state index contributed by atoms with van der Waals surface area (Å²) in [6.07, 6.45) is 20.2. The summed E-state index contributed by atoms with van der Waals surface area (Å²) in [5.41, 5.74) is -0.247. The van der Waals surface area contributed by atoms with Crippen LogP contribution in [0.1, 0.15) is 130 Å². The lowest BCUT2D eigenvalue weighted by Gasteiger charge is -2.39. The Hall–Kier alpha value is -0.830. The topological polar surface area (TPSA) is 61.3 Å². The minimum atomic E-state index is -0.247. The molecule has 0 aliphatic carbocycles. The summed E-state index contributed by atoms with van der Waals surface area (Å²) < 4.78 is 6.16. The minimum Gasteiger partial charge on any atom is -0.459 e. The highest BCUT2D eigenvalue weighted by molar-refractivity contribution is 5.69. The standard InChI is InChI=1S/C25H48O2.H3N/c1-6-11-13-15-16-17-18-20-22-24(26)27-25(9-4,10-5)23(8-3)21-19-14-12-7-2;/h6,23H,1,7-22H2,2-5H3;1H3. The highest BCUT2D eigenvalue weighted by Gasteiger charge is 2.37. The number of esters is 1. The van der Waals surface area contributed by atoms with E-state index in [4.69, 9.17) is 4.74 Å². The third-order valence-electron chi connectivity index (χ3n) is 6.20. The summed E-state index contributed by atoms with van der Waals surface area (Å²) in [5.74, 6) is 0.524. The lowest BCUT2D eigenvalue weighted by atomic mass is 9.77. The first-order valence-corrected chi connectivity index (χ1v) is 11.9. The van der Waals surface area contributed by atoms with E-state index in [1.165, 1.54) is 57.8 Å². The molecular formula is C25H51NO2. The smallest absolute Gasteiger partial charge is 0.306 e. The van der Waals surface area contributed by atoms with Gasteiger partial charge in [0.25, 0.3) is 0 Å². The SMILES string of the molecule is C=CCCCCCCCCC(=O)OC(CC)(CC)C(CC)CCCCCC.N. The first kappa shape index (κ1) is 29.4. The summed E-state index contributed by atoms with van der Waals surface area (Å²) in [4.78, 5) is 12.5. The fraction of sp³-hybridized carbons (Fsp3) is 0.880. The quantitative estimate of drug-likeness (QED) is 0.135. The highest BCUT2D eigenvalue weighted by Crippen LogP contribution is 2.36. The van der Waals surface area contributed by atoms with Gasteiger partial charge in [0.1, 0.15) is 5.60 Å². The Morgan fingerprint density at radius 1 is 0.893 bits per heavy atom. The summed E-state index contributed by atoms with van der Waals surface area (Å²) in [6.45, 7) is 12.6. The number of rotatable bonds is 19. The van der Waals surface area contributed by atoms with E-state index in [1.54, 1.807) is 0 Å². The molecule has 0 amide bonds. The van der Waals surface area contributed by atoms with Crippen LogP contribution < -0.4 is 6.15 Å². The van der Waals surface area contributed by atoms with E-state index in [2.05, 4.69) is 34.3 Å². The van der Waals surface area contributed by atoms with E-state index in [-0.39, 0.29) is 17.7 Å². The van der Waals surface area contributed by atoms with Gasteiger partial charge in [0.05, 0.1) is 0 Å². The third kappa shape index (κ3) is 12.6. The summed E-state index contributed by atoms with van der Waals surface area (Å²) in [5, 5.41) is 0. The summed E-state index contributed by atoms with van der Waals surface area (Å²) in [7, 11) is 0. The molecule has 3 nitrogen and oxygen atoms in total. The number of allylic oxidation sites excluding steroid dienone is 1. The average molecular weight is 398 g/mol. The normalized spacial score (nSPS) is 12.3. The second-order valence-electron chi connectivity index (χ2n) is 8.15. The van der Waals surface area contributed by atoms with Crippen LogP contribution in [0.3, 0.4) is 0 Å². The van der Waals surface area contributed by atoms with Gasteiger partial charge >= 0.3 is 5.97 Å². The number of hydrogen-bond acceptors (Lipinski definition) is 3. The van der Waals surface area contributed by atoms with Crippen molar-refractivity contribution in [2.45, 2.75) is 136 Å². The molecule has 28 heavy (non-hydrogen) atoms. The molecule has 0 saturated heterocycles. The van der Waals surface area contributed by atoms with Crippen LogP contribution >= 0.6 is 0 Å². The van der Waals surface area contributed by atoms with Crippen LogP contribution in [-0.4, -0.2) is 11.6 Å². The Bertz CT molecular complexity index is 364. The molecule has 0 fully saturated rings. The zero-order valence-electron chi connectivity index (χ0n) is 19.7. The molecule has 0 aromatic heterocycles. The fourth-order valence-corrected chi connectivity index (χ4v) is 4.25. The molecule has 0 aromatic carbocycles. The van der Waals surface area contributed by atoms with Gasteiger partial charge in [-0.1, -0.05) is 85.1 Å². The zero-order valence-corrected chi connectivity index (χ0v) is 19.7. The molecule has 1 unspecified atom stereocenters. The van der Waals surface area contributed by atoms with E-state index >= 15 is 0 Å². The Morgan fingerprint density at radius 2 is 1.46 bits per heavy atom. The Balaban J connectivity index is 0. The van der Waals surface area contributed by atoms with Crippen molar-refractivity contribution in [1.29, 1.82) is 0 Å². The molecule has 0 aliphatic rings. The molecule has 0 aromatic rings. The summed E-state index contributed by atoms with van der Waals surface area (Å²) in [6, 6.07) is 0. The van der Waals surface area contributed by atoms with Crippen LogP contribution in [0.25, 0.3) is 0 Å². The first-order chi connectivity index (χ1) is 13.1. The van der Waals surface area contributed by atoms with E-state index in [0.29, 0.717) is 12.3 Å². The number of hydrogen-bond donors (Lipinski definition) is 1. The molecule has 0 rings (SSSR count). The van der Waals surface area contributed by atoms with Crippen molar-refractivity contribution in [1.82, 2.24) is 6.15 Å². The average Bonchev–Trinajstić information content (AvgIpc) is 2.68. The van der Waals surface area contributed by atoms with Gasteiger partial charge in [-0.3, -0.25) is 4.79 Å². The third-order valence-corrected chi connectivity index (χ3v) is 6.20. The van der Waals surface area contributed by atoms with E-state index in [0.717, 1.165) is 38.5 Å². The van der Waals surface area contributed by atoms with Crippen LogP contribution in [0.5, 0.6) is 0 Å². The van der Waals surface area contributed by atoms with Crippen LogP contribution in [0, 0.1) is 5.92 Å². The van der Waals surface area contributed by atoms with Crippen LogP contribution in [0.2, 0.25) is 0 Å². The molecule has 0 radical (unpaired) electrons. The van der Waals surface area contributed by atoms with E-state index in [1.807, 2.05) is 6.08 Å². The van der Waals surface area contributed by atoms with Crippen LogP contribution in [0.4, 0.5) is 0 Å². The summed E-state index contributed by atoms with van der Waals surface area (Å²) >= 11 is 0. The molecule has 0 bridgehead atoms. The maximum absolute atomic E-state index is 12.5. The molecule has 0 spiro atoms. The number of ether oxygens (including phenoxy) is 1. The van der Waals surface area contributed by atoms with Crippen molar-refractivity contribution in [3.63, 3.8) is 0 Å². The lowest BCUT2D eigenvalue weighted by Crippen LogP contribution is -2.41. The van der Waals surface area contributed by atoms with E-state index < -0.39 is 0 Å². The molecule has 0 aliphatic heterocycles. The van der Waals surface area contributed by atoms with Gasteiger partial charge in [-0.15, -0.1) is 6.58 Å². The van der Waals surface area contributed by atoms with Crippen molar-refractivity contribution in [3.8, 4) is 0 Å². The Morgan fingerprint density at radius 3 is 2.00 bits per heavy atom. The Labute approximate surface area is 176 Å². The molecule has 3 heteroatoms. The number of unbranched alkanes of at least 4 members (excludes halogenated alkanes) is 9. The van der Waals surface area contributed by atoms with Crippen molar-refractivity contribution in [3.05, 3.63) is 12.7 Å². The predicted octanol–water partition coefficient (Wildman–Crippen LogP) is 8.55. The zero-order chi connectivity index (χ0) is 20.4. The van der Waals surface area contributed by atoms with Gasteiger partial charge < -0.3 is 10.9 Å². The largest absolute Gasteiger partial charge is 0.459 e. The van der Waals surface area contributed by atoms with Crippen molar-refractivity contribution in [2.24, 2.45) is 5.92 Å². The molecule has 3 N–H and O–H groups in total. The predicted molar refractivity (Wildman–Crippen MR) is 124 cm³/mol. The van der Waals surface area contributed by atoms with Gasteiger partial charge in [0, 0.05) is 6.42 Å². The second kappa shape index (κ2) is 19.5.